The summed E-state index contributed by atoms with van der Waals surface area (Å²) in [6, 6.07) is 0.610. The zero-order chi connectivity index (χ0) is 9.54. The van der Waals surface area contributed by atoms with Gasteiger partial charge in [-0.3, -0.25) is 4.68 Å². The van der Waals surface area contributed by atoms with Crippen molar-refractivity contribution < 1.29 is 4.74 Å². The molecule has 1 aromatic rings. The smallest absolute Gasteiger partial charge is 0.0940 e. The van der Waals surface area contributed by atoms with E-state index in [1.807, 2.05) is 0 Å². The molecule has 0 radical (unpaired) electrons. The van der Waals surface area contributed by atoms with Crippen molar-refractivity contribution in [3.8, 4) is 0 Å². The molecule has 1 aliphatic heterocycles. The molecule has 4 heteroatoms. The van der Waals surface area contributed by atoms with Crippen molar-refractivity contribution in [2.75, 3.05) is 0 Å². The molecule has 3 rings (SSSR count). The fourth-order valence-corrected chi connectivity index (χ4v) is 2.24. The summed E-state index contributed by atoms with van der Waals surface area (Å²) in [5, 5.41) is 4.60. The van der Waals surface area contributed by atoms with E-state index in [-0.39, 0.29) is 0 Å². The molecule has 0 atom stereocenters. The summed E-state index contributed by atoms with van der Waals surface area (Å²) in [7, 11) is 0. The van der Waals surface area contributed by atoms with Gasteiger partial charge < -0.3 is 10.5 Å². The van der Waals surface area contributed by atoms with Crippen LogP contribution >= 0.6 is 0 Å². The Kier molecular flexibility index (Phi) is 1.85. The Labute approximate surface area is 83.0 Å². The molecular weight excluding hydrogens is 178 g/mol. The third-order valence-corrected chi connectivity index (χ3v) is 3.30. The Morgan fingerprint density at radius 1 is 1.43 bits per heavy atom. The molecule has 14 heavy (non-hydrogen) atoms. The highest BCUT2D eigenvalue weighted by Gasteiger charge is 2.28. The molecule has 1 aliphatic carbocycles. The molecular formula is C10H15N3O. The summed E-state index contributed by atoms with van der Waals surface area (Å²) < 4.78 is 7.50. The molecule has 0 unspecified atom stereocenters. The van der Waals surface area contributed by atoms with Gasteiger partial charge in [0.15, 0.2) is 0 Å². The highest BCUT2D eigenvalue weighted by Crippen LogP contribution is 2.34. The number of hydrogen-bond acceptors (Lipinski definition) is 3. The summed E-state index contributed by atoms with van der Waals surface area (Å²) in [5.74, 6) is 0. The molecule has 0 amide bonds. The van der Waals surface area contributed by atoms with Gasteiger partial charge in [-0.2, -0.15) is 5.10 Å². The first-order valence-corrected chi connectivity index (χ1v) is 5.27. The molecule has 1 saturated carbocycles. The Bertz CT molecular complexity index is 354. The highest BCUT2D eigenvalue weighted by atomic mass is 16.5. The molecule has 2 heterocycles. The molecule has 0 aromatic carbocycles. The van der Waals surface area contributed by atoms with Crippen LogP contribution in [0.3, 0.4) is 0 Å². The first kappa shape index (κ1) is 8.44. The van der Waals surface area contributed by atoms with Crippen molar-refractivity contribution in [3.05, 3.63) is 17.0 Å². The van der Waals surface area contributed by atoms with Crippen molar-refractivity contribution in [1.29, 1.82) is 0 Å². The SMILES string of the molecule is NCc1c2c(nn1C1CCC1)COC2. The van der Waals surface area contributed by atoms with Gasteiger partial charge in [-0.05, 0) is 19.3 Å². The topological polar surface area (TPSA) is 53.1 Å². The van der Waals surface area contributed by atoms with Gasteiger partial charge in [-0.1, -0.05) is 0 Å². The van der Waals surface area contributed by atoms with Crippen LogP contribution in [-0.2, 0) is 24.5 Å². The van der Waals surface area contributed by atoms with Crippen LogP contribution in [0.25, 0.3) is 0 Å². The summed E-state index contributed by atoms with van der Waals surface area (Å²) in [4.78, 5) is 0. The van der Waals surface area contributed by atoms with Crippen LogP contribution in [0.4, 0.5) is 0 Å². The summed E-state index contributed by atoms with van der Waals surface area (Å²) >= 11 is 0. The van der Waals surface area contributed by atoms with E-state index in [1.165, 1.54) is 30.5 Å². The van der Waals surface area contributed by atoms with Crippen LogP contribution in [0.15, 0.2) is 0 Å². The first-order chi connectivity index (χ1) is 6.90. The second-order valence-electron chi connectivity index (χ2n) is 4.10. The number of ether oxygens (including phenoxy) is 1. The lowest BCUT2D eigenvalue weighted by molar-refractivity contribution is 0.128. The maximum atomic E-state index is 5.77. The van der Waals surface area contributed by atoms with E-state index in [0.29, 0.717) is 25.8 Å². The molecule has 1 aromatic heterocycles. The van der Waals surface area contributed by atoms with Crippen LogP contribution in [0.5, 0.6) is 0 Å². The van der Waals surface area contributed by atoms with Crippen molar-refractivity contribution in [3.63, 3.8) is 0 Å². The van der Waals surface area contributed by atoms with Gasteiger partial charge in [-0.15, -0.1) is 0 Å². The van der Waals surface area contributed by atoms with Crippen molar-refractivity contribution in [2.24, 2.45) is 5.73 Å². The zero-order valence-electron chi connectivity index (χ0n) is 8.20. The lowest BCUT2D eigenvalue weighted by atomic mass is 9.93. The lowest BCUT2D eigenvalue weighted by Gasteiger charge is -2.27. The van der Waals surface area contributed by atoms with Gasteiger partial charge in [-0.25, -0.2) is 0 Å². The predicted octanol–water partition coefficient (Wildman–Crippen LogP) is 1.10. The molecule has 0 spiro atoms. The van der Waals surface area contributed by atoms with E-state index >= 15 is 0 Å². The monoisotopic (exact) mass is 193 g/mol. The standard InChI is InChI=1S/C10H15N3O/c11-4-10-8-5-14-6-9(8)12-13(10)7-2-1-3-7/h7H,1-6,11H2. The molecule has 2 N–H and O–H groups in total. The van der Waals surface area contributed by atoms with Crippen molar-refractivity contribution >= 4 is 0 Å². The average Bonchev–Trinajstić information content (AvgIpc) is 2.60. The Morgan fingerprint density at radius 3 is 2.93 bits per heavy atom. The van der Waals surface area contributed by atoms with Crippen LogP contribution < -0.4 is 5.73 Å². The van der Waals surface area contributed by atoms with Crippen molar-refractivity contribution in [2.45, 2.75) is 45.1 Å². The van der Waals surface area contributed by atoms with Crippen LogP contribution in [0, 0.1) is 0 Å². The molecule has 0 saturated heterocycles. The normalized spacial score (nSPS) is 20.9. The van der Waals surface area contributed by atoms with E-state index < -0.39 is 0 Å². The molecule has 1 fully saturated rings. The van der Waals surface area contributed by atoms with E-state index in [0.717, 1.165) is 5.69 Å². The number of nitrogens with zero attached hydrogens (tertiary/aromatic N) is 2. The molecule has 4 nitrogen and oxygen atoms in total. The Hall–Kier alpha value is -0.870. The van der Waals surface area contributed by atoms with Gasteiger partial charge in [0.2, 0.25) is 0 Å². The summed E-state index contributed by atoms with van der Waals surface area (Å²) in [6.07, 6.45) is 3.85. The Balaban J connectivity index is 2.02. The van der Waals surface area contributed by atoms with Crippen LogP contribution in [-0.4, -0.2) is 9.78 Å². The fraction of sp³-hybridized carbons (Fsp3) is 0.700. The number of nitrogens with two attached hydrogens (primary N) is 1. The fourth-order valence-electron chi connectivity index (χ4n) is 2.24. The first-order valence-electron chi connectivity index (χ1n) is 5.27. The number of aromatic nitrogens is 2. The third-order valence-electron chi connectivity index (χ3n) is 3.30. The van der Waals surface area contributed by atoms with Crippen molar-refractivity contribution in [1.82, 2.24) is 9.78 Å². The Morgan fingerprint density at radius 2 is 2.29 bits per heavy atom. The number of fused-ring (bicyclic) bond motifs is 1. The van der Waals surface area contributed by atoms with Gasteiger partial charge >= 0.3 is 0 Å². The van der Waals surface area contributed by atoms with E-state index in [2.05, 4.69) is 9.78 Å². The van der Waals surface area contributed by atoms with E-state index in [1.54, 1.807) is 0 Å². The summed E-state index contributed by atoms with van der Waals surface area (Å²) in [5.41, 5.74) is 9.32. The van der Waals surface area contributed by atoms with E-state index in [4.69, 9.17) is 10.5 Å². The minimum atomic E-state index is 0.586. The van der Waals surface area contributed by atoms with Gasteiger partial charge in [0.25, 0.3) is 0 Å². The summed E-state index contributed by atoms with van der Waals surface area (Å²) in [6.45, 7) is 1.96. The van der Waals surface area contributed by atoms with Gasteiger partial charge in [0, 0.05) is 12.1 Å². The second kappa shape index (κ2) is 3.07. The largest absolute Gasteiger partial charge is 0.370 e. The number of rotatable bonds is 2. The van der Waals surface area contributed by atoms with E-state index in [9.17, 15) is 0 Å². The second-order valence-corrected chi connectivity index (χ2v) is 4.10. The quantitative estimate of drug-likeness (QED) is 0.765. The predicted molar refractivity (Wildman–Crippen MR) is 51.5 cm³/mol. The maximum Gasteiger partial charge on any atom is 0.0940 e. The van der Waals surface area contributed by atoms with Crippen LogP contribution in [0.1, 0.15) is 42.3 Å². The number of hydrogen-bond donors (Lipinski definition) is 1. The minimum absolute atomic E-state index is 0.586. The van der Waals surface area contributed by atoms with Gasteiger partial charge in [0.05, 0.1) is 30.6 Å². The van der Waals surface area contributed by atoms with Crippen LogP contribution in [0.2, 0.25) is 0 Å². The molecule has 76 valence electrons. The lowest BCUT2D eigenvalue weighted by Crippen LogP contribution is -2.22. The third kappa shape index (κ3) is 1.04. The minimum Gasteiger partial charge on any atom is -0.370 e. The van der Waals surface area contributed by atoms with Gasteiger partial charge in [0.1, 0.15) is 0 Å². The maximum absolute atomic E-state index is 5.77. The zero-order valence-corrected chi connectivity index (χ0v) is 8.20. The highest BCUT2D eigenvalue weighted by molar-refractivity contribution is 5.28. The molecule has 0 bridgehead atoms. The molecule has 2 aliphatic rings. The average molecular weight is 193 g/mol.